The highest BCUT2D eigenvalue weighted by Gasteiger charge is 2.30. The Hall–Kier alpha value is -2.51. The van der Waals surface area contributed by atoms with E-state index in [0.717, 1.165) is 37.1 Å². The topological polar surface area (TPSA) is 75.1 Å². The van der Waals surface area contributed by atoms with Gasteiger partial charge in [-0.3, -0.25) is 15.2 Å². The molecule has 0 bridgehead atoms. The number of rotatable bonds is 3. The number of non-ortho nitro benzene ring substituents is 1. The lowest BCUT2D eigenvalue weighted by Crippen LogP contribution is -2.35. The van der Waals surface area contributed by atoms with Gasteiger partial charge in [-0.15, -0.1) is 0 Å². The zero-order chi connectivity index (χ0) is 15.7. The first kappa shape index (κ1) is 14.4. The molecule has 1 unspecified atom stereocenters. The first-order valence-electron chi connectivity index (χ1n) is 6.97. The summed E-state index contributed by atoms with van der Waals surface area (Å²) in [6, 6.07) is 3.07. The molecular weight excluding hydrogens is 294 g/mol. The van der Waals surface area contributed by atoms with Crippen LogP contribution in [0.15, 0.2) is 24.4 Å². The Morgan fingerprint density at radius 1 is 1.32 bits per heavy atom. The number of halogens is 2. The van der Waals surface area contributed by atoms with E-state index < -0.39 is 22.2 Å². The zero-order valence-corrected chi connectivity index (χ0v) is 11.6. The third-order valence-corrected chi connectivity index (χ3v) is 3.88. The summed E-state index contributed by atoms with van der Waals surface area (Å²) in [7, 11) is 0. The van der Waals surface area contributed by atoms with Gasteiger partial charge >= 0.3 is 0 Å². The van der Waals surface area contributed by atoms with E-state index in [-0.39, 0.29) is 11.7 Å². The van der Waals surface area contributed by atoms with Crippen LogP contribution in [0.1, 0.15) is 31.0 Å². The Kier molecular flexibility index (Phi) is 3.74. The van der Waals surface area contributed by atoms with Crippen molar-refractivity contribution in [3.63, 3.8) is 0 Å². The summed E-state index contributed by atoms with van der Waals surface area (Å²) in [6.07, 6.45) is 4.07. The number of nitrogens with one attached hydrogen (secondary N) is 1. The van der Waals surface area contributed by atoms with Crippen LogP contribution in [-0.4, -0.2) is 21.7 Å². The van der Waals surface area contributed by atoms with Crippen molar-refractivity contribution < 1.29 is 13.7 Å². The molecule has 22 heavy (non-hydrogen) atoms. The molecule has 2 heterocycles. The van der Waals surface area contributed by atoms with E-state index in [2.05, 4.69) is 10.2 Å². The second-order valence-electron chi connectivity index (χ2n) is 5.23. The number of hydrogen-bond acceptors (Lipinski definition) is 4. The number of nitrogens with zero attached hydrogens (tertiary/aromatic N) is 3. The first-order valence-corrected chi connectivity index (χ1v) is 6.97. The molecule has 0 amide bonds. The van der Waals surface area contributed by atoms with Crippen LogP contribution >= 0.6 is 0 Å². The SMILES string of the molecule is O=[N+]([O-])c1cc(F)c(N2CCCCC2c2ccn[nH]2)c(F)c1. The monoisotopic (exact) mass is 308 g/mol. The van der Waals surface area contributed by atoms with Crippen LogP contribution < -0.4 is 4.90 Å². The molecule has 1 aromatic heterocycles. The minimum Gasteiger partial charge on any atom is -0.358 e. The average Bonchev–Trinajstić information content (AvgIpc) is 3.01. The maximum atomic E-state index is 14.3. The molecule has 1 aliphatic heterocycles. The maximum absolute atomic E-state index is 14.3. The number of anilines is 1. The molecule has 8 heteroatoms. The van der Waals surface area contributed by atoms with Crippen LogP contribution in [0.3, 0.4) is 0 Å². The molecular formula is C14H14F2N4O2. The van der Waals surface area contributed by atoms with Gasteiger partial charge in [0.1, 0.15) is 5.69 Å². The number of aromatic nitrogens is 2. The molecule has 0 radical (unpaired) electrons. The van der Waals surface area contributed by atoms with Gasteiger partial charge in [0, 0.05) is 12.7 Å². The lowest BCUT2D eigenvalue weighted by molar-refractivity contribution is -0.385. The van der Waals surface area contributed by atoms with Crippen molar-refractivity contribution in [1.82, 2.24) is 10.2 Å². The summed E-state index contributed by atoms with van der Waals surface area (Å²) < 4.78 is 28.5. The van der Waals surface area contributed by atoms with Gasteiger partial charge < -0.3 is 4.90 Å². The summed E-state index contributed by atoms with van der Waals surface area (Å²) in [5, 5.41) is 17.4. The van der Waals surface area contributed by atoms with Crippen LogP contribution in [0.25, 0.3) is 0 Å². The van der Waals surface area contributed by atoms with E-state index in [1.165, 1.54) is 0 Å². The van der Waals surface area contributed by atoms with E-state index in [1.807, 2.05) is 0 Å². The lowest BCUT2D eigenvalue weighted by atomic mass is 9.98. The van der Waals surface area contributed by atoms with Crippen molar-refractivity contribution in [1.29, 1.82) is 0 Å². The number of nitro benzene ring substituents is 1. The number of aromatic amines is 1. The standard InChI is InChI=1S/C14H14F2N4O2/c15-10-7-9(20(21)22)8-11(16)14(10)19-6-2-1-3-13(19)12-4-5-17-18-12/h4-5,7-8,13H,1-3,6H2,(H,17,18). The predicted octanol–water partition coefficient (Wildman–Crippen LogP) is 3.33. The van der Waals surface area contributed by atoms with Gasteiger partial charge in [0.15, 0.2) is 11.6 Å². The number of H-pyrrole nitrogens is 1. The lowest BCUT2D eigenvalue weighted by Gasteiger charge is -2.37. The molecule has 1 aromatic carbocycles. The Morgan fingerprint density at radius 3 is 2.64 bits per heavy atom. The summed E-state index contributed by atoms with van der Waals surface area (Å²) in [5.41, 5.74) is -0.0318. The van der Waals surface area contributed by atoms with E-state index in [1.54, 1.807) is 17.2 Å². The molecule has 2 aromatic rings. The Balaban J connectivity index is 2.03. The number of nitro groups is 1. The van der Waals surface area contributed by atoms with Crippen molar-refractivity contribution in [2.75, 3.05) is 11.4 Å². The molecule has 1 atom stereocenters. The largest absolute Gasteiger partial charge is 0.358 e. The van der Waals surface area contributed by atoms with Crippen molar-refractivity contribution >= 4 is 11.4 Å². The van der Waals surface area contributed by atoms with Gasteiger partial charge in [-0.2, -0.15) is 5.10 Å². The van der Waals surface area contributed by atoms with Crippen molar-refractivity contribution in [2.24, 2.45) is 0 Å². The zero-order valence-electron chi connectivity index (χ0n) is 11.6. The first-order chi connectivity index (χ1) is 10.6. The van der Waals surface area contributed by atoms with Gasteiger partial charge in [-0.05, 0) is 25.3 Å². The second kappa shape index (κ2) is 5.70. The van der Waals surface area contributed by atoms with E-state index in [9.17, 15) is 18.9 Å². The third kappa shape index (κ3) is 2.51. The van der Waals surface area contributed by atoms with E-state index in [0.29, 0.717) is 6.54 Å². The fourth-order valence-corrected chi connectivity index (χ4v) is 2.91. The van der Waals surface area contributed by atoms with Crippen molar-refractivity contribution in [2.45, 2.75) is 25.3 Å². The normalized spacial score (nSPS) is 18.5. The van der Waals surface area contributed by atoms with Crippen LogP contribution in [0.5, 0.6) is 0 Å². The summed E-state index contributed by atoms with van der Waals surface area (Å²) >= 11 is 0. The van der Waals surface area contributed by atoms with Gasteiger partial charge in [0.05, 0.1) is 28.8 Å². The van der Waals surface area contributed by atoms with Gasteiger partial charge in [-0.1, -0.05) is 0 Å². The van der Waals surface area contributed by atoms with Gasteiger partial charge in [0.2, 0.25) is 0 Å². The Morgan fingerprint density at radius 2 is 2.05 bits per heavy atom. The molecule has 116 valence electrons. The third-order valence-electron chi connectivity index (χ3n) is 3.88. The minimum atomic E-state index is -0.918. The summed E-state index contributed by atoms with van der Waals surface area (Å²) in [6.45, 7) is 0.481. The van der Waals surface area contributed by atoms with E-state index >= 15 is 0 Å². The number of piperidine rings is 1. The smallest absolute Gasteiger partial charge is 0.275 e. The predicted molar refractivity (Wildman–Crippen MR) is 75.5 cm³/mol. The molecule has 6 nitrogen and oxygen atoms in total. The molecule has 3 rings (SSSR count). The second-order valence-corrected chi connectivity index (χ2v) is 5.23. The summed E-state index contributed by atoms with van der Waals surface area (Å²) in [4.78, 5) is 11.5. The average molecular weight is 308 g/mol. The quantitative estimate of drug-likeness (QED) is 0.697. The Labute approximate surface area is 124 Å². The summed E-state index contributed by atoms with van der Waals surface area (Å²) in [5.74, 6) is -1.84. The minimum absolute atomic E-state index is 0.218. The van der Waals surface area contributed by atoms with Crippen molar-refractivity contribution in [3.05, 3.63) is 51.8 Å². The highest BCUT2D eigenvalue weighted by atomic mass is 19.1. The van der Waals surface area contributed by atoms with Gasteiger partial charge in [-0.25, -0.2) is 8.78 Å². The van der Waals surface area contributed by atoms with Crippen molar-refractivity contribution in [3.8, 4) is 0 Å². The van der Waals surface area contributed by atoms with Crippen LogP contribution in [0.2, 0.25) is 0 Å². The Bertz CT molecular complexity index is 667. The number of benzene rings is 1. The van der Waals surface area contributed by atoms with Crippen LogP contribution in [-0.2, 0) is 0 Å². The van der Waals surface area contributed by atoms with Crippen LogP contribution in [0, 0.1) is 21.7 Å². The molecule has 1 N–H and O–H groups in total. The molecule has 1 saturated heterocycles. The van der Waals surface area contributed by atoms with E-state index in [4.69, 9.17) is 0 Å². The molecule has 0 saturated carbocycles. The fraction of sp³-hybridized carbons (Fsp3) is 0.357. The fourth-order valence-electron chi connectivity index (χ4n) is 2.91. The van der Waals surface area contributed by atoms with Gasteiger partial charge in [0.25, 0.3) is 5.69 Å². The number of hydrogen-bond donors (Lipinski definition) is 1. The molecule has 1 aliphatic rings. The van der Waals surface area contributed by atoms with Crippen LogP contribution in [0.4, 0.5) is 20.2 Å². The highest BCUT2D eigenvalue weighted by molar-refractivity contribution is 5.55. The molecule has 0 spiro atoms. The highest BCUT2D eigenvalue weighted by Crippen LogP contribution is 2.38. The molecule has 0 aliphatic carbocycles. The molecule has 1 fully saturated rings. The maximum Gasteiger partial charge on any atom is 0.275 e.